The molecule has 0 saturated heterocycles. The first-order chi connectivity index (χ1) is 21.0. The van der Waals surface area contributed by atoms with Gasteiger partial charge >= 0.3 is 0 Å². The first-order valence-corrected chi connectivity index (χ1v) is 14.4. The van der Waals surface area contributed by atoms with Crippen LogP contribution in [0.15, 0.2) is 48.9 Å². The molecule has 0 unspecified atom stereocenters. The minimum atomic E-state index is -0.719. The number of aromatic nitrogens is 4. The van der Waals surface area contributed by atoms with Crippen molar-refractivity contribution in [1.29, 1.82) is 0 Å². The molecule has 1 fully saturated rings. The zero-order chi connectivity index (χ0) is 31.5. The molecule has 1 aliphatic rings. The summed E-state index contributed by atoms with van der Waals surface area (Å²) in [5.41, 5.74) is 7.84. The standard InChI is InChI=1S/C30H32ClFN8O4/c1-18-6-9-24-22(10-18)29(30(33)44)36-40(24)16-26(42)38(13-20-12-37(2)17-35-20)15-27(43)39(21-7-8-21)14-25(41)34-11-19-4-3-5-23(31)28(19)32/h3-6,9-10,12,17,21H,7-8,11,13-16H2,1-2H3,(H2,33,44)(H,34,41). The number of amides is 4. The van der Waals surface area contributed by atoms with Crippen molar-refractivity contribution < 1.29 is 23.6 Å². The Morgan fingerprint density at radius 2 is 1.91 bits per heavy atom. The number of carbonyl (C=O) groups is 4. The van der Waals surface area contributed by atoms with Crippen LogP contribution in [0.5, 0.6) is 0 Å². The smallest absolute Gasteiger partial charge is 0.269 e. The highest BCUT2D eigenvalue weighted by Crippen LogP contribution is 2.27. The van der Waals surface area contributed by atoms with Gasteiger partial charge in [-0.2, -0.15) is 5.10 Å². The zero-order valence-corrected chi connectivity index (χ0v) is 25.1. The van der Waals surface area contributed by atoms with Gasteiger partial charge in [0, 0.05) is 36.8 Å². The molecule has 5 rings (SSSR count). The Morgan fingerprint density at radius 1 is 1.14 bits per heavy atom. The van der Waals surface area contributed by atoms with Crippen LogP contribution in [-0.2, 0) is 41.1 Å². The molecule has 2 aromatic carbocycles. The predicted octanol–water partition coefficient (Wildman–Crippen LogP) is 2.31. The molecule has 230 valence electrons. The van der Waals surface area contributed by atoms with Gasteiger partial charge in [-0.3, -0.25) is 23.9 Å². The molecule has 0 spiro atoms. The van der Waals surface area contributed by atoms with Gasteiger partial charge in [0.2, 0.25) is 17.7 Å². The van der Waals surface area contributed by atoms with E-state index < -0.39 is 29.4 Å². The van der Waals surface area contributed by atoms with E-state index in [1.165, 1.54) is 26.6 Å². The maximum atomic E-state index is 14.3. The molecule has 4 amide bonds. The second-order valence-corrected chi connectivity index (χ2v) is 11.3. The molecule has 4 aromatic rings. The van der Waals surface area contributed by atoms with Crippen LogP contribution < -0.4 is 11.1 Å². The van der Waals surface area contributed by atoms with Gasteiger partial charge < -0.3 is 25.4 Å². The normalized spacial score (nSPS) is 12.7. The summed E-state index contributed by atoms with van der Waals surface area (Å²) < 4.78 is 17.4. The van der Waals surface area contributed by atoms with E-state index in [1.54, 1.807) is 42.3 Å². The molecule has 0 radical (unpaired) electrons. The fourth-order valence-electron chi connectivity index (χ4n) is 4.95. The highest BCUT2D eigenvalue weighted by molar-refractivity contribution is 6.30. The number of primary amides is 1. The molecule has 0 atom stereocenters. The first kappa shape index (κ1) is 30.7. The largest absolute Gasteiger partial charge is 0.364 e. The highest BCUT2D eigenvalue weighted by Gasteiger charge is 2.35. The molecule has 0 aliphatic heterocycles. The average molecular weight is 623 g/mol. The van der Waals surface area contributed by atoms with Gasteiger partial charge in [0.25, 0.3) is 5.91 Å². The SMILES string of the molecule is Cc1ccc2c(c1)c(C(N)=O)nn2CC(=O)N(CC(=O)N(CC(=O)NCc1cccc(Cl)c1F)C1CC1)Cc1cn(C)cn1. The summed E-state index contributed by atoms with van der Waals surface area (Å²) in [5.74, 6) is -2.66. The summed E-state index contributed by atoms with van der Waals surface area (Å²) in [6, 6.07) is 9.75. The molecule has 1 aliphatic carbocycles. The quantitative estimate of drug-likeness (QED) is 0.248. The number of hydrogen-bond donors (Lipinski definition) is 2. The summed E-state index contributed by atoms with van der Waals surface area (Å²) in [7, 11) is 1.79. The second kappa shape index (κ2) is 12.8. The predicted molar refractivity (Wildman–Crippen MR) is 160 cm³/mol. The lowest BCUT2D eigenvalue weighted by atomic mass is 10.1. The average Bonchev–Trinajstić information content (AvgIpc) is 3.64. The van der Waals surface area contributed by atoms with E-state index in [-0.39, 0.29) is 55.0 Å². The third kappa shape index (κ3) is 7.05. The first-order valence-electron chi connectivity index (χ1n) is 14.0. The highest BCUT2D eigenvalue weighted by atomic mass is 35.5. The van der Waals surface area contributed by atoms with E-state index in [0.29, 0.717) is 16.6 Å². The number of aryl methyl sites for hydroxylation is 2. The fraction of sp³-hybridized carbons (Fsp3) is 0.333. The van der Waals surface area contributed by atoms with Crippen LogP contribution in [0, 0.1) is 12.7 Å². The van der Waals surface area contributed by atoms with E-state index in [2.05, 4.69) is 15.4 Å². The van der Waals surface area contributed by atoms with Crippen LogP contribution >= 0.6 is 11.6 Å². The van der Waals surface area contributed by atoms with Gasteiger partial charge in [-0.25, -0.2) is 9.37 Å². The molecule has 0 bridgehead atoms. The summed E-state index contributed by atoms with van der Waals surface area (Å²) in [4.78, 5) is 59.3. The Balaban J connectivity index is 1.32. The van der Waals surface area contributed by atoms with E-state index in [9.17, 15) is 23.6 Å². The summed E-state index contributed by atoms with van der Waals surface area (Å²) in [5, 5.41) is 7.43. The Hall–Kier alpha value is -4.78. The number of benzene rings is 2. The molecule has 14 heteroatoms. The number of hydrogen-bond acceptors (Lipinski definition) is 6. The minimum absolute atomic E-state index is 0.0329. The van der Waals surface area contributed by atoms with Crippen molar-refractivity contribution in [2.45, 2.75) is 45.4 Å². The van der Waals surface area contributed by atoms with Crippen molar-refractivity contribution in [2.24, 2.45) is 12.8 Å². The van der Waals surface area contributed by atoms with Crippen molar-refractivity contribution in [3.05, 3.63) is 82.3 Å². The molecular formula is C30H32ClFN8O4. The van der Waals surface area contributed by atoms with Crippen molar-refractivity contribution in [3.63, 3.8) is 0 Å². The van der Waals surface area contributed by atoms with E-state index >= 15 is 0 Å². The number of carbonyl (C=O) groups excluding carboxylic acids is 4. The Bertz CT molecular complexity index is 1750. The molecule has 1 saturated carbocycles. The van der Waals surface area contributed by atoms with Crippen LogP contribution in [-0.4, -0.2) is 71.9 Å². The Morgan fingerprint density at radius 3 is 2.59 bits per heavy atom. The van der Waals surface area contributed by atoms with Crippen molar-refractivity contribution >= 4 is 46.1 Å². The third-order valence-corrected chi connectivity index (χ3v) is 7.64. The van der Waals surface area contributed by atoms with Gasteiger partial charge in [0.1, 0.15) is 18.9 Å². The summed E-state index contributed by atoms with van der Waals surface area (Å²) in [6.07, 6.45) is 4.78. The van der Waals surface area contributed by atoms with Crippen LogP contribution in [0.4, 0.5) is 4.39 Å². The maximum Gasteiger partial charge on any atom is 0.269 e. The summed E-state index contributed by atoms with van der Waals surface area (Å²) >= 11 is 5.83. The van der Waals surface area contributed by atoms with Gasteiger partial charge in [0.15, 0.2) is 5.69 Å². The minimum Gasteiger partial charge on any atom is -0.364 e. The van der Waals surface area contributed by atoms with Crippen molar-refractivity contribution in [3.8, 4) is 0 Å². The van der Waals surface area contributed by atoms with Crippen LogP contribution in [0.2, 0.25) is 5.02 Å². The van der Waals surface area contributed by atoms with Crippen molar-refractivity contribution in [2.75, 3.05) is 13.1 Å². The maximum absolute atomic E-state index is 14.3. The van der Waals surface area contributed by atoms with Gasteiger partial charge in [0.05, 0.1) is 35.7 Å². The fourth-order valence-corrected chi connectivity index (χ4v) is 5.14. The van der Waals surface area contributed by atoms with Crippen LogP contribution in [0.1, 0.15) is 40.2 Å². The number of fused-ring (bicyclic) bond motifs is 1. The monoisotopic (exact) mass is 622 g/mol. The number of rotatable bonds is 12. The lowest BCUT2D eigenvalue weighted by Crippen LogP contribution is -2.47. The topological polar surface area (TPSA) is 148 Å². The third-order valence-electron chi connectivity index (χ3n) is 7.34. The lowest BCUT2D eigenvalue weighted by molar-refractivity contribution is -0.143. The van der Waals surface area contributed by atoms with Crippen molar-refractivity contribution in [1.82, 2.24) is 34.4 Å². The van der Waals surface area contributed by atoms with Crippen LogP contribution in [0.25, 0.3) is 10.9 Å². The number of nitrogens with one attached hydrogen (secondary N) is 1. The molecule has 2 aromatic heterocycles. The van der Waals surface area contributed by atoms with Gasteiger partial charge in [-0.15, -0.1) is 0 Å². The summed E-state index contributed by atoms with van der Waals surface area (Å²) in [6.45, 7) is 0.986. The molecule has 2 heterocycles. The van der Waals surface area contributed by atoms with E-state index in [0.717, 1.165) is 18.4 Å². The molecule has 44 heavy (non-hydrogen) atoms. The molecule has 3 N–H and O–H groups in total. The number of imidazole rings is 1. The number of halogens is 2. The Kier molecular flexibility index (Phi) is 8.95. The zero-order valence-electron chi connectivity index (χ0n) is 24.3. The molecule has 12 nitrogen and oxygen atoms in total. The number of nitrogens with two attached hydrogens (primary N) is 1. The van der Waals surface area contributed by atoms with E-state index in [1.807, 2.05) is 13.0 Å². The van der Waals surface area contributed by atoms with Crippen LogP contribution in [0.3, 0.4) is 0 Å². The van der Waals surface area contributed by atoms with Gasteiger partial charge in [-0.1, -0.05) is 35.4 Å². The van der Waals surface area contributed by atoms with E-state index in [4.69, 9.17) is 17.3 Å². The van der Waals surface area contributed by atoms with Gasteiger partial charge in [-0.05, 0) is 38.0 Å². The Labute approximate surface area is 257 Å². The lowest BCUT2D eigenvalue weighted by Gasteiger charge is -2.27. The molecular weight excluding hydrogens is 591 g/mol. The number of nitrogens with zero attached hydrogens (tertiary/aromatic N) is 6. The second-order valence-electron chi connectivity index (χ2n) is 10.9.